The first-order valence-corrected chi connectivity index (χ1v) is 6.55. The molecule has 0 bridgehead atoms. The average Bonchev–Trinajstić information content (AvgIpc) is 2.90. The summed E-state index contributed by atoms with van der Waals surface area (Å²) in [5, 5.41) is 26.6. The van der Waals surface area contributed by atoms with Crippen LogP contribution in [0.1, 0.15) is 26.7 Å². The Labute approximate surface area is 116 Å². The second kappa shape index (κ2) is 7.59. The molecule has 1 aromatic heterocycles. The van der Waals surface area contributed by atoms with Crippen molar-refractivity contribution < 1.29 is 14.8 Å². The van der Waals surface area contributed by atoms with Gasteiger partial charge in [-0.25, -0.2) is 0 Å². The van der Waals surface area contributed by atoms with Crippen LogP contribution in [0.3, 0.4) is 0 Å². The fraction of sp³-hybridized carbons (Fsp3) is 0.667. The van der Waals surface area contributed by atoms with E-state index in [9.17, 15) is 20.0 Å². The molecule has 2 unspecified atom stereocenters. The summed E-state index contributed by atoms with van der Waals surface area (Å²) in [6.07, 6.45) is 2.86. The van der Waals surface area contributed by atoms with E-state index in [0.29, 0.717) is 0 Å². The van der Waals surface area contributed by atoms with E-state index in [-0.39, 0.29) is 37.0 Å². The van der Waals surface area contributed by atoms with Crippen molar-refractivity contribution in [3.8, 4) is 0 Å². The predicted octanol–water partition coefficient (Wildman–Crippen LogP) is 0.705. The summed E-state index contributed by atoms with van der Waals surface area (Å²) in [4.78, 5) is 21.5. The van der Waals surface area contributed by atoms with Gasteiger partial charge < -0.3 is 10.4 Å². The van der Waals surface area contributed by atoms with Crippen LogP contribution in [0.4, 0.5) is 5.69 Å². The Morgan fingerprint density at radius 2 is 2.35 bits per heavy atom. The van der Waals surface area contributed by atoms with Gasteiger partial charge in [0.2, 0.25) is 5.91 Å². The summed E-state index contributed by atoms with van der Waals surface area (Å²) in [6, 6.07) is 0. The Morgan fingerprint density at radius 3 is 2.90 bits per heavy atom. The van der Waals surface area contributed by atoms with Gasteiger partial charge in [-0.15, -0.1) is 0 Å². The van der Waals surface area contributed by atoms with Gasteiger partial charge in [0.1, 0.15) is 12.4 Å². The Hall–Kier alpha value is -1.96. The minimum Gasteiger partial charge on any atom is -0.391 e. The number of rotatable bonds is 8. The number of amides is 1. The SMILES string of the molecule is CCC(C)C(O)CNC(=O)CCn1cc([N+](=O)[O-])cn1. The molecule has 0 aliphatic carbocycles. The average molecular weight is 284 g/mol. The fourth-order valence-electron chi connectivity index (χ4n) is 1.57. The van der Waals surface area contributed by atoms with Crippen LogP contribution >= 0.6 is 0 Å². The van der Waals surface area contributed by atoms with Gasteiger partial charge >= 0.3 is 5.69 Å². The minimum atomic E-state index is -0.560. The van der Waals surface area contributed by atoms with Gasteiger partial charge in [0.15, 0.2) is 0 Å². The molecule has 0 fully saturated rings. The number of aliphatic hydroxyl groups excluding tert-OH is 1. The molecule has 0 spiro atoms. The van der Waals surface area contributed by atoms with Crippen LogP contribution < -0.4 is 5.32 Å². The standard InChI is InChI=1S/C12H20N4O4/c1-3-9(2)11(17)7-13-12(18)4-5-15-8-10(6-14-15)16(19)20/h6,8-9,11,17H,3-5,7H2,1-2H3,(H,13,18). The molecule has 0 saturated heterocycles. The zero-order valence-corrected chi connectivity index (χ0v) is 11.7. The molecule has 2 atom stereocenters. The predicted molar refractivity (Wildman–Crippen MR) is 72.0 cm³/mol. The van der Waals surface area contributed by atoms with Gasteiger partial charge in [0.25, 0.3) is 0 Å². The van der Waals surface area contributed by atoms with Crippen molar-refractivity contribution >= 4 is 11.6 Å². The molecule has 8 heteroatoms. The molecular formula is C12H20N4O4. The highest BCUT2D eigenvalue weighted by molar-refractivity contribution is 5.75. The fourth-order valence-corrected chi connectivity index (χ4v) is 1.57. The van der Waals surface area contributed by atoms with Crippen molar-refractivity contribution in [1.29, 1.82) is 0 Å². The van der Waals surface area contributed by atoms with E-state index >= 15 is 0 Å². The first kappa shape index (κ1) is 16.1. The maximum atomic E-state index is 11.6. The van der Waals surface area contributed by atoms with Crippen LogP contribution in [-0.2, 0) is 11.3 Å². The smallest absolute Gasteiger partial charge is 0.306 e. The third-order valence-corrected chi connectivity index (χ3v) is 3.21. The lowest BCUT2D eigenvalue weighted by molar-refractivity contribution is -0.385. The lowest BCUT2D eigenvalue weighted by Gasteiger charge is -2.17. The summed E-state index contributed by atoms with van der Waals surface area (Å²) in [5.41, 5.74) is -0.0994. The number of aryl methyl sites for hydroxylation is 1. The van der Waals surface area contributed by atoms with Gasteiger partial charge in [-0.2, -0.15) is 5.10 Å². The number of carbonyl (C=O) groups excluding carboxylic acids is 1. The highest BCUT2D eigenvalue weighted by Crippen LogP contribution is 2.08. The van der Waals surface area contributed by atoms with Crippen LogP contribution in [0.25, 0.3) is 0 Å². The summed E-state index contributed by atoms with van der Waals surface area (Å²) in [5.74, 6) is -0.0884. The number of carbonyl (C=O) groups is 1. The summed E-state index contributed by atoms with van der Waals surface area (Å²) < 4.78 is 1.35. The summed E-state index contributed by atoms with van der Waals surface area (Å²) in [6.45, 7) is 4.37. The zero-order chi connectivity index (χ0) is 15.1. The summed E-state index contributed by atoms with van der Waals surface area (Å²) >= 11 is 0. The van der Waals surface area contributed by atoms with Crippen LogP contribution in [0.2, 0.25) is 0 Å². The minimum absolute atomic E-state index is 0.0994. The monoisotopic (exact) mass is 284 g/mol. The lowest BCUT2D eigenvalue weighted by atomic mass is 10.0. The van der Waals surface area contributed by atoms with E-state index in [2.05, 4.69) is 10.4 Å². The van der Waals surface area contributed by atoms with Gasteiger partial charge in [0, 0.05) is 19.5 Å². The van der Waals surface area contributed by atoms with Gasteiger partial charge in [-0.1, -0.05) is 20.3 Å². The molecule has 0 saturated carbocycles. The Balaban J connectivity index is 2.30. The first-order valence-electron chi connectivity index (χ1n) is 6.55. The third kappa shape index (κ3) is 4.96. The quantitative estimate of drug-likeness (QED) is 0.539. The second-order valence-corrected chi connectivity index (χ2v) is 4.73. The van der Waals surface area contributed by atoms with Crippen LogP contribution in [0.15, 0.2) is 12.4 Å². The first-order chi connectivity index (χ1) is 9.43. The summed E-state index contributed by atoms with van der Waals surface area (Å²) in [7, 11) is 0. The molecule has 2 N–H and O–H groups in total. The maximum Gasteiger partial charge on any atom is 0.306 e. The van der Waals surface area contributed by atoms with Crippen molar-refractivity contribution in [3.63, 3.8) is 0 Å². The van der Waals surface area contributed by atoms with E-state index in [0.717, 1.165) is 12.6 Å². The van der Waals surface area contributed by atoms with Crippen molar-refractivity contribution in [3.05, 3.63) is 22.5 Å². The molecular weight excluding hydrogens is 264 g/mol. The van der Waals surface area contributed by atoms with E-state index in [1.54, 1.807) is 0 Å². The normalized spacial score (nSPS) is 13.8. The van der Waals surface area contributed by atoms with Crippen molar-refractivity contribution in [2.75, 3.05) is 6.54 Å². The highest BCUT2D eigenvalue weighted by Gasteiger charge is 2.14. The topological polar surface area (TPSA) is 110 Å². The van der Waals surface area contributed by atoms with Crippen LogP contribution in [-0.4, -0.2) is 38.4 Å². The van der Waals surface area contributed by atoms with Crippen molar-refractivity contribution in [2.45, 2.75) is 39.3 Å². The number of nitrogens with one attached hydrogen (secondary N) is 1. The third-order valence-electron chi connectivity index (χ3n) is 3.21. The van der Waals surface area contributed by atoms with Crippen molar-refractivity contribution in [2.24, 2.45) is 5.92 Å². The molecule has 0 aliphatic heterocycles. The largest absolute Gasteiger partial charge is 0.391 e. The molecule has 0 radical (unpaired) electrons. The molecule has 1 aromatic rings. The Kier molecular flexibility index (Phi) is 6.10. The number of aliphatic hydroxyl groups is 1. The Bertz CT molecular complexity index is 460. The number of aromatic nitrogens is 2. The number of hydrogen-bond acceptors (Lipinski definition) is 5. The van der Waals surface area contributed by atoms with E-state index < -0.39 is 11.0 Å². The highest BCUT2D eigenvalue weighted by atomic mass is 16.6. The van der Waals surface area contributed by atoms with Crippen molar-refractivity contribution in [1.82, 2.24) is 15.1 Å². The van der Waals surface area contributed by atoms with Gasteiger partial charge in [-0.3, -0.25) is 19.6 Å². The Morgan fingerprint density at radius 1 is 1.65 bits per heavy atom. The molecule has 0 aromatic carbocycles. The number of hydrogen-bond donors (Lipinski definition) is 2. The molecule has 8 nitrogen and oxygen atoms in total. The van der Waals surface area contributed by atoms with E-state index in [1.165, 1.54) is 10.9 Å². The van der Waals surface area contributed by atoms with Gasteiger partial charge in [0.05, 0.1) is 11.0 Å². The second-order valence-electron chi connectivity index (χ2n) is 4.73. The molecule has 20 heavy (non-hydrogen) atoms. The van der Waals surface area contributed by atoms with Crippen LogP contribution in [0, 0.1) is 16.0 Å². The number of nitrogens with zero attached hydrogens (tertiary/aromatic N) is 3. The molecule has 1 rings (SSSR count). The maximum absolute atomic E-state index is 11.6. The van der Waals surface area contributed by atoms with Gasteiger partial charge in [-0.05, 0) is 5.92 Å². The lowest BCUT2D eigenvalue weighted by Crippen LogP contribution is -2.35. The molecule has 1 amide bonds. The molecule has 1 heterocycles. The van der Waals surface area contributed by atoms with E-state index in [1.807, 2.05) is 13.8 Å². The zero-order valence-electron chi connectivity index (χ0n) is 11.7. The molecule has 0 aliphatic rings. The molecule has 112 valence electrons. The van der Waals surface area contributed by atoms with Crippen LogP contribution in [0.5, 0.6) is 0 Å². The number of nitro groups is 1. The van der Waals surface area contributed by atoms with E-state index in [4.69, 9.17) is 0 Å².